The Labute approximate surface area is 171 Å². The highest BCUT2D eigenvalue weighted by Gasteiger charge is 2.35. The van der Waals surface area contributed by atoms with E-state index in [0.29, 0.717) is 13.2 Å². The molecule has 29 heavy (non-hydrogen) atoms. The van der Waals surface area contributed by atoms with E-state index in [1.165, 1.54) is 5.69 Å². The van der Waals surface area contributed by atoms with Crippen LogP contribution < -0.4 is 9.64 Å². The SMILES string of the molecule is CC1c2cccn2CCN1CC(=O)N1c2ccccc2OCC1c1ccccc1. The van der Waals surface area contributed by atoms with Gasteiger partial charge in [-0.15, -0.1) is 0 Å². The third-order valence-corrected chi connectivity index (χ3v) is 6.09. The quantitative estimate of drug-likeness (QED) is 0.681. The molecular formula is C24H25N3O2. The van der Waals surface area contributed by atoms with Crippen molar-refractivity contribution in [1.29, 1.82) is 0 Å². The lowest BCUT2D eigenvalue weighted by Crippen LogP contribution is -2.48. The van der Waals surface area contributed by atoms with Crippen molar-refractivity contribution >= 4 is 11.6 Å². The Hall–Kier alpha value is -3.05. The fraction of sp³-hybridized carbons (Fsp3) is 0.292. The number of anilines is 1. The number of para-hydroxylation sites is 2. The van der Waals surface area contributed by atoms with Gasteiger partial charge >= 0.3 is 0 Å². The summed E-state index contributed by atoms with van der Waals surface area (Å²) in [5, 5.41) is 0. The van der Waals surface area contributed by atoms with Crippen molar-refractivity contribution in [3.63, 3.8) is 0 Å². The summed E-state index contributed by atoms with van der Waals surface area (Å²) in [4.78, 5) is 17.8. The van der Waals surface area contributed by atoms with Crippen molar-refractivity contribution < 1.29 is 9.53 Å². The molecule has 2 unspecified atom stereocenters. The van der Waals surface area contributed by atoms with Crippen LogP contribution in [0.15, 0.2) is 72.9 Å². The largest absolute Gasteiger partial charge is 0.489 e. The Kier molecular flexibility index (Phi) is 4.60. The highest BCUT2D eigenvalue weighted by atomic mass is 16.5. The zero-order valence-electron chi connectivity index (χ0n) is 16.6. The molecule has 2 aliphatic rings. The van der Waals surface area contributed by atoms with Crippen molar-refractivity contribution in [1.82, 2.24) is 9.47 Å². The minimum absolute atomic E-state index is 0.112. The molecule has 2 aromatic carbocycles. The van der Waals surface area contributed by atoms with Gasteiger partial charge in [0.1, 0.15) is 12.4 Å². The third-order valence-electron chi connectivity index (χ3n) is 6.09. The van der Waals surface area contributed by atoms with E-state index in [-0.39, 0.29) is 18.0 Å². The molecular weight excluding hydrogens is 362 g/mol. The van der Waals surface area contributed by atoms with Crippen LogP contribution in [-0.4, -0.2) is 35.1 Å². The van der Waals surface area contributed by atoms with Crippen molar-refractivity contribution in [3.8, 4) is 5.75 Å². The molecule has 1 aromatic heterocycles. The number of aromatic nitrogens is 1. The summed E-state index contributed by atoms with van der Waals surface area (Å²) in [6.07, 6.45) is 2.12. The van der Waals surface area contributed by atoms with E-state index in [4.69, 9.17) is 4.74 Å². The first kappa shape index (κ1) is 18.0. The summed E-state index contributed by atoms with van der Waals surface area (Å²) in [6, 6.07) is 22.3. The van der Waals surface area contributed by atoms with E-state index in [1.807, 2.05) is 47.4 Å². The van der Waals surface area contributed by atoms with Crippen LogP contribution in [0.1, 0.15) is 30.3 Å². The molecule has 2 aliphatic heterocycles. The fourth-order valence-electron chi connectivity index (χ4n) is 4.51. The van der Waals surface area contributed by atoms with Gasteiger partial charge in [0.15, 0.2) is 0 Å². The third kappa shape index (κ3) is 3.21. The minimum atomic E-state index is -0.123. The average molecular weight is 387 g/mol. The molecule has 0 aliphatic carbocycles. The van der Waals surface area contributed by atoms with Crippen LogP contribution in [0.2, 0.25) is 0 Å². The van der Waals surface area contributed by atoms with Crippen LogP contribution in [0, 0.1) is 0 Å². The lowest BCUT2D eigenvalue weighted by atomic mass is 10.0. The maximum Gasteiger partial charge on any atom is 0.241 e. The molecule has 148 valence electrons. The van der Waals surface area contributed by atoms with Crippen molar-refractivity contribution in [2.75, 3.05) is 24.6 Å². The molecule has 0 fully saturated rings. The summed E-state index contributed by atoms with van der Waals surface area (Å²) >= 11 is 0. The van der Waals surface area contributed by atoms with Crippen LogP contribution >= 0.6 is 0 Å². The Morgan fingerprint density at radius 1 is 1.00 bits per heavy atom. The van der Waals surface area contributed by atoms with Crippen molar-refractivity contribution in [3.05, 3.63) is 84.2 Å². The standard InChI is InChI=1S/C24H25N3O2/c1-18-20-11-7-13-25(20)14-15-26(18)16-24(28)27-21-10-5-6-12-23(21)29-17-22(27)19-8-3-2-4-9-19/h2-13,18,22H,14-17H2,1H3. The van der Waals surface area contributed by atoms with E-state index in [2.05, 4.69) is 46.9 Å². The molecule has 2 atom stereocenters. The molecule has 1 amide bonds. The Bertz CT molecular complexity index is 1010. The van der Waals surface area contributed by atoms with E-state index in [1.54, 1.807) is 0 Å². The Balaban J connectivity index is 1.45. The maximum atomic E-state index is 13.6. The van der Waals surface area contributed by atoms with Gasteiger partial charge in [-0.05, 0) is 36.8 Å². The first-order chi connectivity index (χ1) is 14.2. The van der Waals surface area contributed by atoms with Gasteiger partial charge in [0.2, 0.25) is 5.91 Å². The summed E-state index contributed by atoms with van der Waals surface area (Å²) in [6.45, 7) is 4.83. The molecule has 0 spiro atoms. The lowest BCUT2D eigenvalue weighted by molar-refractivity contribution is -0.121. The van der Waals surface area contributed by atoms with E-state index in [9.17, 15) is 4.79 Å². The second-order valence-electron chi connectivity index (χ2n) is 7.74. The van der Waals surface area contributed by atoms with Crippen molar-refractivity contribution in [2.45, 2.75) is 25.6 Å². The van der Waals surface area contributed by atoms with Gasteiger partial charge in [0.05, 0.1) is 18.3 Å². The topological polar surface area (TPSA) is 37.7 Å². The smallest absolute Gasteiger partial charge is 0.241 e. The highest BCUT2D eigenvalue weighted by molar-refractivity contribution is 5.97. The van der Waals surface area contributed by atoms with E-state index < -0.39 is 0 Å². The van der Waals surface area contributed by atoms with Gasteiger partial charge < -0.3 is 9.30 Å². The van der Waals surface area contributed by atoms with Gasteiger partial charge in [-0.1, -0.05) is 42.5 Å². The predicted molar refractivity (Wildman–Crippen MR) is 113 cm³/mol. The molecule has 5 heteroatoms. The van der Waals surface area contributed by atoms with Gasteiger partial charge in [0, 0.05) is 31.0 Å². The number of ether oxygens (including phenoxy) is 1. The average Bonchev–Trinajstić information content (AvgIpc) is 3.25. The van der Waals surface area contributed by atoms with Crippen molar-refractivity contribution in [2.24, 2.45) is 0 Å². The fourth-order valence-corrected chi connectivity index (χ4v) is 4.51. The predicted octanol–water partition coefficient (Wildman–Crippen LogP) is 4.03. The Morgan fingerprint density at radius 2 is 1.79 bits per heavy atom. The summed E-state index contributed by atoms with van der Waals surface area (Å²) < 4.78 is 8.29. The van der Waals surface area contributed by atoms with E-state index >= 15 is 0 Å². The van der Waals surface area contributed by atoms with Gasteiger partial charge in [-0.3, -0.25) is 14.6 Å². The number of carbonyl (C=O) groups excluding carboxylic acids is 1. The molecule has 3 aromatic rings. The lowest BCUT2D eigenvalue weighted by Gasteiger charge is -2.40. The summed E-state index contributed by atoms with van der Waals surface area (Å²) in [7, 11) is 0. The molecule has 5 nitrogen and oxygen atoms in total. The number of hydrogen-bond acceptors (Lipinski definition) is 3. The Morgan fingerprint density at radius 3 is 2.66 bits per heavy atom. The van der Waals surface area contributed by atoms with Crippen LogP contribution in [0.5, 0.6) is 5.75 Å². The first-order valence-corrected chi connectivity index (χ1v) is 10.2. The summed E-state index contributed by atoms with van der Waals surface area (Å²) in [5.41, 5.74) is 3.22. The molecule has 0 saturated carbocycles. The minimum Gasteiger partial charge on any atom is -0.489 e. The second-order valence-corrected chi connectivity index (χ2v) is 7.74. The van der Waals surface area contributed by atoms with Gasteiger partial charge in [-0.25, -0.2) is 0 Å². The zero-order chi connectivity index (χ0) is 19.8. The molecule has 0 bridgehead atoms. The van der Waals surface area contributed by atoms with Crippen LogP contribution in [0.3, 0.4) is 0 Å². The molecule has 0 saturated heterocycles. The molecule has 5 rings (SSSR count). The van der Waals surface area contributed by atoms with Gasteiger partial charge in [0.25, 0.3) is 0 Å². The monoisotopic (exact) mass is 387 g/mol. The molecule has 0 N–H and O–H groups in total. The number of carbonyl (C=O) groups is 1. The number of nitrogens with zero attached hydrogens (tertiary/aromatic N) is 3. The zero-order valence-corrected chi connectivity index (χ0v) is 16.6. The van der Waals surface area contributed by atoms with Crippen LogP contribution in [0.25, 0.3) is 0 Å². The number of benzene rings is 2. The number of rotatable bonds is 3. The number of fused-ring (bicyclic) bond motifs is 2. The molecule has 3 heterocycles. The second kappa shape index (κ2) is 7.41. The number of hydrogen-bond donors (Lipinski definition) is 0. The first-order valence-electron chi connectivity index (χ1n) is 10.2. The maximum absolute atomic E-state index is 13.6. The number of amides is 1. The highest BCUT2D eigenvalue weighted by Crippen LogP contribution is 2.39. The van der Waals surface area contributed by atoms with Crippen LogP contribution in [-0.2, 0) is 11.3 Å². The van der Waals surface area contributed by atoms with Gasteiger partial charge in [-0.2, -0.15) is 0 Å². The normalized spacial score (nSPS) is 21.2. The van der Waals surface area contributed by atoms with E-state index in [0.717, 1.165) is 30.1 Å². The van der Waals surface area contributed by atoms with Crippen LogP contribution in [0.4, 0.5) is 5.69 Å². The summed E-state index contributed by atoms with van der Waals surface area (Å²) in [5.74, 6) is 0.884. The molecule has 0 radical (unpaired) electrons.